The Balaban J connectivity index is 3.64. The molecule has 0 aliphatic rings. The number of allylic oxidation sites excluding steroid dienone is 23. The fourth-order valence-electron chi connectivity index (χ4n) is 9.52. The van der Waals surface area contributed by atoms with E-state index in [2.05, 4.69) is 153 Å². The molecule has 0 fully saturated rings. The lowest BCUT2D eigenvalue weighted by molar-refractivity contribution is -0.123. The fraction of sp³-hybridized carbons (Fsp3) is 0.667. The van der Waals surface area contributed by atoms with Gasteiger partial charge in [-0.15, -0.1) is 0 Å². The molecule has 0 aromatic carbocycles. The number of amides is 1. The number of unbranched alkanes of at least 4 members (excludes halogenated alkanes) is 31. The average molecular weight is 1090 g/mol. The molecular formula is C75H127NO3. The first-order valence-corrected chi connectivity index (χ1v) is 33.5. The highest BCUT2D eigenvalue weighted by molar-refractivity contribution is 5.76. The zero-order chi connectivity index (χ0) is 56.9. The molecule has 0 aromatic rings. The zero-order valence-corrected chi connectivity index (χ0v) is 51.8. The van der Waals surface area contributed by atoms with Gasteiger partial charge in [-0.05, 0) is 109 Å². The highest BCUT2D eigenvalue weighted by atomic mass is 16.3. The van der Waals surface area contributed by atoms with Crippen LogP contribution < -0.4 is 5.32 Å². The fourth-order valence-corrected chi connectivity index (χ4v) is 9.52. The van der Waals surface area contributed by atoms with E-state index in [-0.39, 0.29) is 12.5 Å². The van der Waals surface area contributed by atoms with Gasteiger partial charge in [-0.25, -0.2) is 0 Å². The summed E-state index contributed by atoms with van der Waals surface area (Å²) in [4.78, 5) is 12.5. The van der Waals surface area contributed by atoms with Crippen LogP contribution >= 0.6 is 0 Å². The van der Waals surface area contributed by atoms with E-state index in [0.717, 1.165) is 116 Å². The van der Waals surface area contributed by atoms with Crippen LogP contribution in [0.2, 0.25) is 0 Å². The van der Waals surface area contributed by atoms with Gasteiger partial charge in [-0.3, -0.25) is 4.79 Å². The summed E-state index contributed by atoms with van der Waals surface area (Å²) in [6.07, 6.45) is 108. The highest BCUT2D eigenvalue weighted by Crippen LogP contribution is 2.17. The Morgan fingerprint density at radius 3 is 0.886 bits per heavy atom. The van der Waals surface area contributed by atoms with Gasteiger partial charge in [0.15, 0.2) is 0 Å². The van der Waals surface area contributed by atoms with E-state index < -0.39 is 12.1 Å². The lowest BCUT2D eigenvalue weighted by atomic mass is 10.0. The second-order valence-electron chi connectivity index (χ2n) is 22.1. The minimum atomic E-state index is -0.887. The average Bonchev–Trinajstić information content (AvgIpc) is 3.45. The molecule has 0 rings (SSSR count). The maximum atomic E-state index is 12.5. The van der Waals surface area contributed by atoms with E-state index in [9.17, 15) is 15.0 Å². The molecule has 0 aliphatic carbocycles. The number of aliphatic hydroxyl groups is 2. The van der Waals surface area contributed by atoms with Crippen molar-refractivity contribution >= 4 is 5.91 Å². The van der Waals surface area contributed by atoms with Crippen LogP contribution in [0.5, 0.6) is 0 Å². The molecule has 4 nitrogen and oxygen atoms in total. The maximum Gasteiger partial charge on any atom is 0.220 e. The summed E-state index contributed by atoms with van der Waals surface area (Å²) in [6, 6.07) is -0.666. The van der Waals surface area contributed by atoms with Crippen LogP contribution in [0.4, 0.5) is 0 Å². The number of carbonyl (C=O) groups excluding carboxylic acids is 1. The Labute approximate surface area is 491 Å². The minimum absolute atomic E-state index is 0.102. The smallest absolute Gasteiger partial charge is 0.220 e. The topological polar surface area (TPSA) is 69.6 Å². The molecule has 0 bridgehead atoms. The molecule has 0 radical (unpaired) electrons. The summed E-state index contributed by atoms with van der Waals surface area (Å²) in [6.45, 7) is 4.19. The normalized spacial score (nSPS) is 13.7. The zero-order valence-electron chi connectivity index (χ0n) is 51.8. The summed E-state index contributed by atoms with van der Waals surface area (Å²) in [5.41, 5.74) is 0. The van der Waals surface area contributed by atoms with E-state index in [1.54, 1.807) is 6.08 Å². The Morgan fingerprint density at radius 2 is 0.570 bits per heavy atom. The summed E-state index contributed by atoms with van der Waals surface area (Å²) in [7, 11) is 0. The van der Waals surface area contributed by atoms with Crippen molar-refractivity contribution < 1.29 is 15.0 Å². The lowest BCUT2D eigenvalue weighted by Gasteiger charge is -2.19. The second kappa shape index (κ2) is 68.5. The predicted octanol–water partition coefficient (Wildman–Crippen LogP) is 23.1. The minimum Gasteiger partial charge on any atom is -0.394 e. The van der Waals surface area contributed by atoms with Gasteiger partial charge in [0.25, 0.3) is 0 Å². The number of nitrogens with one attached hydrogen (secondary N) is 1. The number of carbonyl (C=O) groups is 1. The quantitative estimate of drug-likeness (QED) is 0.0420. The predicted molar refractivity (Wildman–Crippen MR) is 354 cm³/mol. The van der Waals surface area contributed by atoms with Crippen molar-refractivity contribution in [2.45, 2.75) is 315 Å². The van der Waals surface area contributed by atoms with Gasteiger partial charge in [-0.1, -0.05) is 333 Å². The van der Waals surface area contributed by atoms with Crippen molar-refractivity contribution in [2.75, 3.05) is 6.61 Å². The summed E-state index contributed by atoms with van der Waals surface area (Å²) in [5.74, 6) is -0.102. The number of hydrogen-bond donors (Lipinski definition) is 3. The van der Waals surface area contributed by atoms with Gasteiger partial charge in [0.1, 0.15) is 0 Å². The van der Waals surface area contributed by atoms with Gasteiger partial charge < -0.3 is 15.5 Å². The molecule has 4 heteroatoms. The van der Waals surface area contributed by atoms with Crippen LogP contribution in [0.3, 0.4) is 0 Å². The lowest BCUT2D eigenvalue weighted by Crippen LogP contribution is -2.45. The van der Waals surface area contributed by atoms with Crippen molar-refractivity contribution in [3.05, 3.63) is 146 Å². The third-order valence-corrected chi connectivity index (χ3v) is 14.6. The van der Waals surface area contributed by atoms with Crippen LogP contribution in [0.1, 0.15) is 303 Å². The SMILES string of the molecule is CC/C=C\C/C=C\C/C=C\C/C=C\C/C=C\C/C=C\C/C=C\C/C=C\C/C=C\C/C=C\CCCCCCC(=O)NC(CO)C(O)/C=C/CC/C=C/CCCCCCCCCCCCCCCCCCCCCCCCCCCC. The molecule has 2 atom stereocenters. The van der Waals surface area contributed by atoms with Gasteiger partial charge >= 0.3 is 0 Å². The summed E-state index contributed by atoms with van der Waals surface area (Å²) < 4.78 is 0. The molecule has 0 spiro atoms. The largest absolute Gasteiger partial charge is 0.394 e. The molecule has 3 N–H and O–H groups in total. The third-order valence-electron chi connectivity index (χ3n) is 14.6. The second-order valence-corrected chi connectivity index (χ2v) is 22.1. The molecule has 79 heavy (non-hydrogen) atoms. The number of hydrogen-bond acceptors (Lipinski definition) is 3. The summed E-state index contributed by atoms with van der Waals surface area (Å²) in [5, 5.41) is 23.2. The molecule has 0 aromatic heterocycles. The molecule has 0 heterocycles. The number of rotatable bonds is 60. The van der Waals surface area contributed by atoms with Gasteiger partial charge in [0, 0.05) is 6.42 Å². The van der Waals surface area contributed by atoms with E-state index >= 15 is 0 Å². The van der Waals surface area contributed by atoms with Crippen molar-refractivity contribution in [1.82, 2.24) is 5.32 Å². The molecule has 0 saturated carbocycles. The molecule has 0 aliphatic heterocycles. The van der Waals surface area contributed by atoms with Crippen LogP contribution in [0.15, 0.2) is 146 Å². The van der Waals surface area contributed by atoms with E-state index in [4.69, 9.17) is 0 Å². The first kappa shape index (κ1) is 75.3. The van der Waals surface area contributed by atoms with E-state index in [1.165, 1.54) is 167 Å². The van der Waals surface area contributed by atoms with E-state index in [0.29, 0.717) is 6.42 Å². The molecule has 0 saturated heterocycles. The molecule has 2 unspecified atom stereocenters. The first-order valence-electron chi connectivity index (χ1n) is 33.5. The Morgan fingerprint density at radius 1 is 0.316 bits per heavy atom. The molecular weight excluding hydrogens is 963 g/mol. The summed E-state index contributed by atoms with van der Waals surface area (Å²) >= 11 is 0. The maximum absolute atomic E-state index is 12.5. The highest BCUT2D eigenvalue weighted by Gasteiger charge is 2.18. The van der Waals surface area contributed by atoms with Crippen molar-refractivity contribution in [2.24, 2.45) is 0 Å². The van der Waals surface area contributed by atoms with Gasteiger partial charge in [-0.2, -0.15) is 0 Å². The van der Waals surface area contributed by atoms with Gasteiger partial charge in [0.2, 0.25) is 5.91 Å². The van der Waals surface area contributed by atoms with Crippen LogP contribution in [-0.4, -0.2) is 34.9 Å². The van der Waals surface area contributed by atoms with Crippen molar-refractivity contribution in [1.29, 1.82) is 0 Å². The van der Waals surface area contributed by atoms with Crippen LogP contribution in [0.25, 0.3) is 0 Å². The van der Waals surface area contributed by atoms with Crippen LogP contribution in [-0.2, 0) is 4.79 Å². The van der Waals surface area contributed by atoms with Crippen molar-refractivity contribution in [3.63, 3.8) is 0 Å². The third kappa shape index (κ3) is 65.0. The van der Waals surface area contributed by atoms with E-state index in [1.807, 2.05) is 6.08 Å². The first-order chi connectivity index (χ1) is 39.2. The van der Waals surface area contributed by atoms with Crippen molar-refractivity contribution in [3.8, 4) is 0 Å². The standard InChI is InChI=1S/C75H127NO3/c1-3-5-7-9-11-13-15-17-19-21-23-25-27-29-31-33-35-37-38-39-41-43-45-47-49-51-53-55-57-59-61-63-65-67-69-71-75(79)76-73(72-77)74(78)70-68-66-64-62-60-58-56-54-52-50-48-46-44-42-40-36-34-32-30-28-26-24-22-20-18-16-14-12-10-8-6-4-2/h5,7,11,13,17,19,23,25,29,31,35,37,39,41,45,47,51,53,57,59-60,62,68,70,73-74,77-78H,3-4,6,8-10,12,14-16,18,20-22,24,26-28,30,32-34,36,38,40,42-44,46,48-50,52,54-56,58,61,63-67,69,71-72H2,1-2H3,(H,76,79)/b7-5-,13-11-,19-17-,25-23-,31-29-,37-35-,41-39-,47-45-,53-51-,59-57-,62-60+,70-68+. The van der Waals surface area contributed by atoms with Gasteiger partial charge in [0.05, 0.1) is 18.8 Å². The Kier molecular flexibility index (Phi) is 65.3. The Hall–Kier alpha value is -3.73. The molecule has 1 amide bonds. The monoisotopic (exact) mass is 1090 g/mol. The van der Waals surface area contributed by atoms with Crippen LogP contribution in [0, 0.1) is 0 Å². The molecule has 450 valence electrons. The Bertz CT molecular complexity index is 1620. The number of aliphatic hydroxyl groups excluding tert-OH is 2.